The summed E-state index contributed by atoms with van der Waals surface area (Å²) < 4.78 is 13.3. The van der Waals surface area contributed by atoms with Gasteiger partial charge in [-0.05, 0) is 24.3 Å². The molecule has 0 saturated carbocycles. The van der Waals surface area contributed by atoms with Gasteiger partial charge < -0.3 is 10.4 Å². The second-order valence-corrected chi connectivity index (χ2v) is 3.21. The average molecular weight is 233 g/mol. The number of carboxylic acid groups (broad SMARTS) is 1. The number of nitrogens with zero attached hydrogens (tertiary/aromatic N) is 2. The number of aromatic nitrogens is 2. The van der Waals surface area contributed by atoms with E-state index in [-0.39, 0.29) is 17.2 Å². The fourth-order valence-corrected chi connectivity index (χ4v) is 1.21. The molecule has 17 heavy (non-hydrogen) atoms. The van der Waals surface area contributed by atoms with Crippen LogP contribution in [-0.2, 0) is 0 Å². The second-order valence-electron chi connectivity index (χ2n) is 3.21. The van der Waals surface area contributed by atoms with Gasteiger partial charge in [0.05, 0.1) is 5.69 Å². The van der Waals surface area contributed by atoms with Crippen molar-refractivity contribution in [1.29, 1.82) is 0 Å². The number of hydrogen-bond donors (Lipinski definition) is 2. The van der Waals surface area contributed by atoms with Crippen LogP contribution in [0.25, 0.3) is 0 Å². The Morgan fingerprint density at radius 3 is 2.53 bits per heavy atom. The lowest BCUT2D eigenvalue weighted by Gasteiger charge is -2.05. The van der Waals surface area contributed by atoms with E-state index in [0.29, 0.717) is 0 Å². The number of benzene rings is 1. The van der Waals surface area contributed by atoms with E-state index in [9.17, 15) is 9.18 Å². The zero-order chi connectivity index (χ0) is 12.3. The predicted octanol–water partition coefficient (Wildman–Crippen LogP) is 2.06. The van der Waals surface area contributed by atoms with Crippen molar-refractivity contribution in [2.24, 2.45) is 0 Å². The van der Waals surface area contributed by atoms with E-state index in [1.54, 1.807) is 18.2 Å². The summed E-state index contributed by atoms with van der Waals surface area (Å²) in [7, 11) is 0. The van der Waals surface area contributed by atoms with Crippen LogP contribution in [0.3, 0.4) is 0 Å². The third-order valence-corrected chi connectivity index (χ3v) is 2.02. The van der Waals surface area contributed by atoms with Crippen molar-refractivity contribution in [3.63, 3.8) is 0 Å². The summed E-state index contributed by atoms with van der Waals surface area (Å²) in [6, 6.07) is 8.80. The molecule has 1 aromatic carbocycles. The van der Waals surface area contributed by atoms with Gasteiger partial charge >= 0.3 is 5.97 Å². The molecule has 2 aromatic rings. The van der Waals surface area contributed by atoms with Crippen LogP contribution in [0, 0.1) is 5.82 Å². The van der Waals surface area contributed by atoms with Gasteiger partial charge in [0.1, 0.15) is 5.82 Å². The Hall–Kier alpha value is -2.50. The van der Waals surface area contributed by atoms with Gasteiger partial charge in [-0.25, -0.2) is 9.18 Å². The molecule has 0 unspecified atom stereocenters. The van der Waals surface area contributed by atoms with Crippen molar-refractivity contribution >= 4 is 17.5 Å². The van der Waals surface area contributed by atoms with Crippen LogP contribution in [0.1, 0.15) is 10.5 Å². The molecule has 0 saturated heterocycles. The van der Waals surface area contributed by atoms with Gasteiger partial charge in [0, 0.05) is 0 Å². The molecular weight excluding hydrogens is 225 g/mol. The Morgan fingerprint density at radius 2 is 1.94 bits per heavy atom. The highest BCUT2D eigenvalue weighted by Gasteiger charge is 2.06. The minimum atomic E-state index is -1.16. The number of aromatic carboxylic acids is 1. The molecule has 0 aliphatic heterocycles. The molecule has 5 nitrogen and oxygen atoms in total. The molecule has 0 amide bonds. The zero-order valence-corrected chi connectivity index (χ0v) is 8.59. The fourth-order valence-electron chi connectivity index (χ4n) is 1.21. The molecule has 0 aliphatic rings. The number of para-hydroxylation sites is 1. The third-order valence-electron chi connectivity index (χ3n) is 2.02. The zero-order valence-electron chi connectivity index (χ0n) is 8.59. The first kappa shape index (κ1) is 11.0. The monoisotopic (exact) mass is 233 g/mol. The number of anilines is 2. The first-order chi connectivity index (χ1) is 8.16. The molecule has 6 heteroatoms. The maximum atomic E-state index is 13.3. The molecule has 2 rings (SSSR count). The van der Waals surface area contributed by atoms with E-state index in [4.69, 9.17) is 5.11 Å². The highest BCUT2D eigenvalue weighted by atomic mass is 19.1. The standard InChI is InChI=1S/C11H8FN3O2/c12-7-3-1-2-4-8(7)13-10-6-5-9(11(16)17)14-15-10/h1-6H,(H,13,15)(H,16,17). The molecule has 0 aliphatic carbocycles. The largest absolute Gasteiger partial charge is 0.476 e. The Kier molecular flexibility index (Phi) is 2.95. The normalized spacial score (nSPS) is 9.94. The van der Waals surface area contributed by atoms with Crippen LogP contribution in [0.4, 0.5) is 15.9 Å². The molecule has 0 spiro atoms. The minimum absolute atomic E-state index is 0.163. The number of halogens is 1. The van der Waals surface area contributed by atoms with Crippen LogP contribution in [0.5, 0.6) is 0 Å². The fraction of sp³-hybridized carbons (Fsp3) is 0. The van der Waals surface area contributed by atoms with Crippen LogP contribution < -0.4 is 5.32 Å². The summed E-state index contributed by atoms with van der Waals surface area (Å²) in [4.78, 5) is 10.5. The Labute approximate surface area is 95.9 Å². The predicted molar refractivity (Wildman–Crippen MR) is 58.7 cm³/mol. The summed E-state index contributed by atoms with van der Waals surface area (Å²) >= 11 is 0. The molecule has 0 radical (unpaired) electrons. The lowest BCUT2D eigenvalue weighted by Crippen LogP contribution is -2.04. The molecule has 2 N–H and O–H groups in total. The van der Waals surface area contributed by atoms with Gasteiger partial charge in [-0.15, -0.1) is 10.2 Å². The Morgan fingerprint density at radius 1 is 1.18 bits per heavy atom. The molecule has 0 fully saturated rings. The van der Waals surface area contributed by atoms with E-state index in [1.807, 2.05) is 0 Å². The van der Waals surface area contributed by atoms with Crippen molar-refractivity contribution in [2.75, 3.05) is 5.32 Å². The van der Waals surface area contributed by atoms with Gasteiger partial charge in [0.25, 0.3) is 0 Å². The molecule has 1 aromatic heterocycles. The summed E-state index contributed by atoms with van der Waals surface area (Å²) in [5.41, 5.74) is 0.0916. The first-order valence-electron chi connectivity index (χ1n) is 4.75. The molecule has 0 atom stereocenters. The van der Waals surface area contributed by atoms with Crippen molar-refractivity contribution in [3.05, 3.63) is 47.9 Å². The lowest BCUT2D eigenvalue weighted by atomic mass is 10.3. The number of nitrogens with one attached hydrogen (secondary N) is 1. The van der Waals surface area contributed by atoms with Crippen molar-refractivity contribution in [2.45, 2.75) is 0 Å². The van der Waals surface area contributed by atoms with Crippen LogP contribution >= 0.6 is 0 Å². The van der Waals surface area contributed by atoms with Gasteiger partial charge in [-0.1, -0.05) is 12.1 Å². The van der Waals surface area contributed by atoms with Crippen LogP contribution in [-0.4, -0.2) is 21.3 Å². The van der Waals surface area contributed by atoms with Gasteiger partial charge in [0.2, 0.25) is 0 Å². The molecule has 86 valence electrons. The Bertz CT molecular complexity index is 543. The highest BCUT2D eigenvalue weighted by molar-refractivity contribution is 5.85. The summed E-state index contributed by atoms with van der Waals surface area (Å²) in [5.74, 6) is -1.30. The van der Waals surface area contributed by atoms with Crippen LogP contribution in [0.15, 0.2) is 36.4 Å². The smallest absolute Gasteiger partial charge is 0.356 e. The third kappa shape index (κ3) is 2.54. The van der Waals surface area contributed by atoms with E-state index in [1.165, 1.54) is 18.2 Å². The number of carboxylic acids is 1. The van der Waals surface area contributed by atoms with E-state index >= 15 is 0 Å². The number of rotatable bonds is 3. The number of carbonyl (C=O) groups is 1. The topological polar surface area (TPSA) is 75.1 Å². The highest BCUT2D eigenvalue weighted by Crippen LogP contribution is 2.17. The summed E-state index contributed by atoms with van der Waals surface area (Å²) in [5, 5.41) is 18.4. The van der Waals surface area contributed by atoms with E-state index in [2.05, 4.69) is 15.5 Å². The summed E-state index contributed by atoms with van der Waals surface area (Å²) in [6.07, 6.45) is 0. The lowest BCUT2D eigenvalue weighted by molar-refractivity contribution is 0.0689. The van der Waals surface area contributed by atoms with Gasteiger partial charge in [-0.2, -0.15) is 0 Å². The first-order valence-corrected chi connectivity index (χ1v) is 4.75. The van der Waals surface area contributed by atoms with Crippen molar-refractivity contribution < 1.29 is 14.3 Å². The molecule has 1 heterocycles. The Balaban J connectivity index is 2.20. The molecule has 0 bridgehead atoms. The average Bonchev–Trinajstić information content (AvgIpc) is 2.33. The quantitative estimate of drug-likeness (QED) is 0.848. The summed E-state index contributed by atoms with van der Waals surface area (Å²) in [6.45, 7) is 0. The maximum Gasteiger partial charge on any atom is 0.356 e. The minimum Gasteiger partial charge on any atom is -0.476 e. The van der Waals surface area contributed by atoms with Crippen molar-refractivity contribution in [3.8, 4) is 0 Å². The van der Waals surface area contributed by atoms with Crippen LogP contribution in [0.2, 0.25) is 0 Å². The van der Waals surface area contributed by atoms with Gasteiger partial charge in [0.15, 0.2) is 11.5 Å². The second kappa shape index (κ2) is 4.56. The van der Waals surface area contributed by atoms with E-state index < -0.39 is 11.8 Å². The van der Waals surface area contributed by atoms with Gasteiger partial charge in [-0.3, -0.25) is 0 Å². The van der Waals surface area contributed by atoms with Crippen molar-refractivity contribution in [1.82, 2.24) is 10.2 Å². The molecular formula is C11H8FN3O2. The number of hydrogen-bond acceptors (Lipinski definition) is 4. The maximum absolute atomic E-state index is 13.3. The SMILES string of the molecule is O=C(O)c1ccc(Nc2ccccc2F)nn1. The van der Waals surface area contributed by atoms with E-state index in [0.717, 1.165) is 0 Å².